The first kappa shape index (κ1) is 19.6. The van der Waals surface area contributed by atoms with E-state index in [1.807, 2.05) is 0 Å². The van der Waals surface area contributed by atoms with E-state index in [1.165, 1.54) is 18.9 Å². The number of carbonyl (C=O) groups excluding carboxylic acids is 2. The maximum absolute atomic E-state index is 12.2. The lowest BCUT2D eigenvalue weighted by molar-refractivity contribution is -0.116. The highest BCUT2D eigenvalue weighted by atomic mass is 35.5. The molecule has 6 nitrogen and oxygen atoms in total. The van der Waals surface area contributed by atoms with Crippen LogP contribution in [0.1, 0.15) is 17.3 Å². The van der Waals surface area contributed by atoms with Gasteiger partial charge in [0.05, 0.1) is 19.9 Å². The molecule has 7 heteroatoms. The second-order valence-corrected chi connectivity index (χ2v) is 5.91. The lowest BCUT2D eigenvalue weighted by Crippen LogP contribution is -2.37. The molecule has 1 N–H and O–H groups in total. The summed E-state index contributed by atoms with van der Waals surface area (Å²) in [5, 5.41) is 3.28. The van der Waals surface area contributed by atoms with Crippen molar-refractivity contribution in [1.82, 2.24) is 5.32 Å². The number of nitrogens with zero attached hydrogens (tertiary/aromatic N) is 1. The molecule has 0 atom stereocenters. The Labute approximate surface area is 157 Å². The molecule has 2 aromatic rings. The van der Waals surface area contributed by atoms with Gasteiger partial charge in [0, 0.05) is 36.7 Å². The van der Waals surface area contributed by atoms with Crippen molar-refractivity contribution in [2.75, 3.05) is 32.2 Å². The topological polar surface area (TPSA) is 67.9 Å². The number of hydrogen-bond donors (Lipinski definition) is 1. The molecule has 2 amide bonds. The first-order valence-corrected chi connectivity index (χ1v) is 8.38. The summed E-state index contributed by atoms with van der Waals surface area (Å²) >= 11 is 5.90. The van der Waals surface area contributed by atoms with Gasteiger partial charge in [0.1, 0.15) is 11.5 Å². The highest BCUT2D eigenvalue weighted by Crippen LogP contribution is 2.32. The SMILES string of the molecule is COc1ccc(N(CCNC(=O)c2cccc(Cl)c2)C(C)=O)c(OC)c1. The lowest BCUT2D eigenvalue weighted by Gasteiger charge is -2.23. The van der Waals surface area contributed by atoms with Crippen LogP contribution in [0.3, 0.4) is 0 Å². The molecule has 0 saturated carbocycles. The van der Waals surface area contributed by atoms with Crippen LogP contribution in [-0.4, -0.2) is 39.1 Å². The van der Waals surface area contributed by atoms with Crippen LogP contribution in [0.15, 0.2) is 42.5 Å². The summed E-state index contributed by atoms with van der Waals surface area (Å²) in [6.45, 7) is 2.03. The molecule has 0 bridgehead atoms. The Morgan fingerprint density at radius 2 is 1.88 bits per heavy atom. The first-order chi connectivity index (χ1) is 12.5. The molecule has 0 unspecified atom stereocenters. The third-order valence-corrected chi connectivity index (χ3v) is 4.00. The monoisotopic (exact) mass is 376 g/mol. The van der Waals surface area contributed by atoms with Crippen LogP contribution in [0.2, 0.25) is 5.02 Å². The smallest absolute Gasteiger partial charge is 0.251 e. The molecule has 0 fully saturated rings. The summed E-state index contributed by atoms with van der Waals surface area (Å²) in [5.74, 6) is 0.729. The van der Waals surface area contributed by atoms with Crippen LogP contribution in [0, 0.1) is 0 Å². The zero-order valence-corrected chi connectivity index (χ0v) is 15.7. The van der Waals surface area contributed by atoms with Gasteiger partial charge >= 0.3 is 0 Å². The molecule has 0 aliphatic carbocycles. The number of carbonyl (C=O) groups is 2. The molecule has 2 aromatic carbocycles. The molecule has 0 spiro atoms. The average molecular weight is 377 g/mol. The third-order valence-electron chi connectivity index (χ3n) is 3.77. The summed E-state index contributed by atoms with van der Waals surface area (Å²) in [7, 11) is 3.08. The zero-order chi connectivity index (χ0) is 19.1. The van der Waals surface area contributed by atoms with E-state index in [0.717, 1.165) is 0 Å². The Morgan fingerprint density at radius 3 is 2.50 bits per heavy atom. The molecular weight excluding hydrogens is 356 g/mol. The summed E-state index contributed by atoms with van der Waals surface area (Å²) in [4.78, 5) is 25.8. The minimum atomic E-state index is -0.252. The number of rotatable bonds is 7. The molecule has 0 aliphatic heterocycles. The predicted octanol–water partition coefficient (Wildman–Crippen LogP) is 3.14. The van der Waals surface area contributed by atoms with Crippen LogP contribution in [0.4, 0.5) is 5.69 Å². The van der Waals surface area contributed by atoms with Crippen LogP contribution in [0.25, 0.3) is 0 Å². The van der Waals surface area contributed by atoms with Crippen LogP contribution >= 0.6 is 11.6 Å². The average Bonchev–Trinajstić information content (AvgIpc) is 2.64. The third kappa shape index (κ3) is 4.89. The molecule has 0 radical (unpaired) electrons. The lowest BCUT2D eigenvalue weighted by atomic mass is 10.2. The van der Waals surface area contributed by atoms with E-state index < -0.39 is 0 Å². The number of amides is 2. The van der Waals surface area contributed by atoms with E-state index in [0.29, 0.717) is 34.3 Å². The minimum absolute atomic E-state index is 0.162. The Kier molecular flexibility index (Phi) is 6.86. The van der Waals surface area contributed by atoms with Crippen molar-refractivity contribution in [1.29, 1.82) is 0 Å². The van der Waals surface area contributed by atoms with Gasteiger partial charge in [-0.3, -0.25) is 9.59 Å². The molecule has 0 aliphatic rings. The second kappa shape index (κ2) is 9.10. The number of methoxy groups -OCH3 is 2. The molecule has 0 saturated heterocycles. The van der Waals surface area contributed by atoms with Crippen molar-refractivity contribution < 1.29 is 19.1 Å². The fourth-order valence-corrected chi connectivity index (χ4v) is 2.66. The van der Waals surface area contributed by atoms with Crippen molar-refractivity contribution in [3.63, 3.8) is 0 Å². The van der Waals surface area contributed by atoms with Gasteiger partial charge in [-0.15, -0.1) is 0 Å². The quantitative estimate of drug-likeness (QED) is 0.806. The Hall–Kier alpha value is -2.73. The van der Waals surface area contributed by atoms with Gasteiger partial charge < -0.3 is 19.7 Å². The highest BCUT2D eigenvalue weighted by Gasteiger charge is 2.17. The number of nitrogens with one attached hydrogen (secondary N) is 1. The number of benzene rings is 2. The molecular formula is C19H21ClN2O4. The minimum Gasteiger partial charge on any atom is -0.497 e. The van der Waals surface area contributed by atoms with Crippen molar-refractivity contribution in [2.45, 2.75) is 6.92 Å². The molecule has 2 rings (SSSR count). The zero-order valence-electron chi connectivity index (χ0n) is 14.9. The number of hydrogen-bond acceptors (Lipinski definition) is 4. The second-order valence-electron chi connectivity index (χ2n) is 5.47. The Balaban J connectivity index is 2.07. The molecule has 0 heterocycles. The van der Waals surface area contributed by atoms with Crippen LogP contribution < -0.4 is 19.7 Å². The van der Waals surface area contributed by atoms with E-state index in [1.54, 1.807) is 49.6 Å². The van der Waals surface area contributed by atoms with Gasteiger partial charge in [0.2, 0.25) is 5.91 Å². The highest BCUT2D eigenvalue weighted by molar-refractivity contribution is 6.30. The van der Waals surface area contributed by atoms with Crippen molar-refractivity contribution >= 4 is 29.1 Å². The van der Waals surface area contributed by atoms with E-state index in [2.05, 4.69) is 5.32 Å². The Morgan fingerprint density at radius 1 is 1.12 bits per heavy atom. The molecule has 0 aromatic heterocycles. The first-order valence-electron chi connectivity index (χ1n) is 8.00. The number of halogens is 1. The van der Waals surface area contributed by atoms with Crippen LogP contribution in [-0.2, 0) is 4.79 Å². The van der Waals surface area contributed by atoms with Gasteiger partial charge in [-0.2, -0.15) is 0 Å². The van der Waals surface area contributed by atoms with Gasteiger partial charge in [-0.1, -0.05) is 17.7 Å². The van der Waals surface area contributed by atoms with Gasteiger partial charge in [0.15, 0.2) is 0 Å². The van der Waals surface area contributed by atoms with E-state index >= 15 is 0 Å². The van der Waals surface area contributed by atoms with Crippen molar-refractivity contribution in [3.05, 3.63) is 53.1 Å². The summed E-state index contributed by atoms with van der Waals surface area (Å²) in [6.07, 6.45) is 0. The maximum Gasteiger partial charge on any atom is 0.251 e. The summed E-state index contributed by atoms with van der Waals surface area (Å²) < 4.78 is 10.5. The number of ether oxygens (including phenoxy) is 2. The molecule has 138 valence electrons. The van der Waals surface area contributed by atoms with Crippen LogP contribution in [0.5, 0.6) is 11.5 Å². The fourth-order valence-electron chi connectivity index (χ4n) is 2.47. The number of anilines is 1. The van der Waals surface area contributed by atoms with Gasteiger partial charge in [-0.05, 0) is 30.3 Å². The van der Waals surface area contributed by atoms with Gasteiger partial charge in [0.25, 0.3) is 5.91 Å². The summed E-state index contributed by atoms with van der Waals surface area (Å²) in [5.41, 5.74) is 1.08. The largest absolute Gasteiger partial charge is 0.497 e. The van der Waals surface area contributed by atoms with E-state index in [4.69, 9.17) is 21.1 Å². The Bertz CT molecular complexity index is 795. The van der Waals surface area contributed by atoms with Gasteiger partial charge in [-0.25, -0.2) is 0 Å². The van der Waals surface area contributed by atoms with Crippen molar-refractivity contribution in [2.24, 2.45) is 0 Å². The van der Waals surface area contributed by atoms with E-state index in [-0.39, 0.29) is 18.4 Å². The predicted molar refractivity (Wildman–Crippen MR) is 101 cm³/mol. The maximum atomic E-state index is 12.2. The fraction of sp³-hybridized carbons (Fsp3) is 0.263. The van der Waals surface area contributed by atoms with Crippen molar-refractivity contribution in [3.8, 4) is 11.5 Å². The molecule has 26 heavy (non-hydrogen) atoms. The normalized spacial score (nSPS) is 10.2. The standard InChI is InChI=1S/C19H21ClN2O4/c1-13(23)22(17-8-7-16(25-2)12-18(17)26-3)10-9-21-19(24)14-5-4-6-15(20)11-14/h4-8,11-12H,9-10H2,1-3H3,(H,21,24). The van der Waals surface area contributed by atoms with E-state index in [9.17, 15) is 9.59 Å². The summed E-state index contributed by atoms with van der Waals surface area (Å²) in [6, 6.07) is 11.9.